The number of aryl methyl sites for hydroxylation is 1. The number of hydrogen-bond donors (Lipinski definition) is 0. The predicted molar refractivity (Wildman–Crippen MR) is 67.7 cm³/mol. The van der Waals surface area contributed by atoms with Crippen LogP contribution in [0.3, 0.4) is 0 Å². The summed E-state index contributed by atoms with van der Waals surface area (Å²) in [5.74, 6) is 0.446. The molecule has 7 heteroatoms. The molecule has 0 amide bonds. The summed E-state index contributed by atoms with van der Waals surface area (Å²) < 4.78 is 47.2. The number of ether oxygens (including phenoxy) is 1. The molecule has 0 spiro atoms. The molecule has 106 valence electrons. The molecule has 0 N–H and O–H groups in total. The summed E-state index contributed by atoms with van der Waals surface area (Å²) in [5.41, 5.74) is -1.01. The Labute approximate surface area is 118 Å². The van der Waals surface area contributed by atoms with E-state index in [1.54, 1.807) is 30.3 Å². The standard InChI is InChI=1S/C13H9F3O3Se/c1-8-7-10(19-9-5-3-2-4-6-9)11(12(17)18-8)20-13(14,15)16/h2-7H,1H3. The van der Waals surface area contributed by atoms with E-state index in [0.717, 1.165) is 0 Å². The van der Waals surface area contributed by atoms with E-state index in [4.69, 9.17) is 9.15 Å². The minimum absolute atomic E-state index is 0.109. The molecule has 0 unspecified atom stereocenters. The predicted octanol–water partition coefficient (Wildman–Crippen LogP) is 2.59. The van der Waals surface area contributed by atoms with Crippen LogP contribution in [0.2, 0.25) is 0 Å². The van der Waals surface area contributed by atoms with Gasteiger partial charge in [-0.3, -0.25) is 0 Å². The van der Waals surface area contributed by atoms with Crippen LogP contribution >= 0.6 is 0 Å². The van der Waals surface area contributed by atoms with Crippen molar-refractivity contribution in [2.24, 2.45) is 0 Å². The second-order valence-corrected chi connectivity index (χ2v) is 6.06. The van der Waals surface area contributed by atoms with E-state index in [9.17, 15) is 18.0 Å². The van der Waals surface area contributed by atoms with Crippen LogP contribution in [0.15, 0.2) is 45.6 Å². The average molecular weight is 349 g/mol. The Hall–Kier alpha value is -1.72. The van der Waals surface area contributed by atoms with Gasteiger partial charge in [0.1, 0.15) is 0 Å². The van der Waals surface area contributed by atoms with Crippen LogP contribution in [0.25, 0.3) is 0 Å². The van der Waals surface area contributed by atoms with Crippen molar-refractivity contribution in [1.29, 1.82) is 0 Å². The number of hydrogen-bond acceptors (Lipinski definition) is 3. The summed E-state index contributed by atoms with van der Waals surface area (Å²) in [6, 6.07) is 9.59. The van der Waals surface area contributed by atoms with Gasteiger partial charge in [0.2, 0.25) is 0 Å². The van der Waals surface area contributed by atoms with Gasteiger partial charge in [-0.2, -0.15) is 0 Å². The summed E-state index contributed by atoms with van der Waals surface area (Å²) in [6.45, 7) is 1.48. The number of para-hydroxylation sites is 1. The van der Waals surface area contributed by atoms with Gasteiger partial charge in [0.05, 0.1) is 0 Å². The molecule has 3 nitrogen and oxygen atoms in total. The van der Waals surface area contributed by atoms with Crippen molar-refractivity contribution in [3.05, 3.63) is 52.6 Å². The van der Waals surface area contributed by atoms with Crippen LogP contribution in [-0.2, 0) is 0 Å². The van der Waals surface area contributed by atoms with Gasteiger partial charge >= 0.3 is 118 Å². The van der Waals surface area contributed by atoms with Gasteiger partial charge in [0.15, 0.2) is 0 Å². The quantitative estimate of drug-likeness (QED) is 0.800. The van der Waals surface area contributed by atoms with Crippen molar-refractivity contribution in [3.63, 3.8) is 0 Å². The first-order valence-corrected chi connectivity index (χ1v) is 7.20. The van der Waals surface area contributed by atoms with Crippen LogP contribution < -0.4 is 14.8 Å². The van der Waals surface area contributed by atoms with Crippen LogP contribution in [0.4, 0.5) is 13.2 Å². The van der Waals surface area contributed by atoms with Crippen molar-refractivity contribution >= 4 is 19.4 Å². The molecule has 0 saturated heterocycles. The van der Waals surface area contributed by atoms with Crippen molar-refractivity contribution < 1.29 is 22.3 Å². The van der Waals surface area contributed by atoms with E-state index in [1.165, 1.54) is 13.0 Å². The summed E-state index contributed by atoms with van der Waals surface area (Å²) in [7, 11) is 0. The van der Waals surface area contributed by atoms with E-state index in [1.807, 2.05) is 0 Å². The summed E-state index contributed by atoms with van der Waals surface area (Å²) in [6.07, 6.45) is 0. The molecule has 0 aliphatic rings. The number of halogens is 3. The molecule has 0 fully saturated rings. The van der Waals surface area contributed by atoms with E-state index in [0.29, 0.717) is 5.75 Å². The fourth-order valence-corrected chi connectivity index (χ4v) is 2.64. The van der Waals surface area contributed by atoms with Crippen LogP contribution in [0.1, 0.15) is 5.76 Å². The van der Waals surface area contributed by atoms with Gasteiger partial charge in [0, 0.05) is 0 Å². The van der Waals surface area contributed by atoms with Gasteiger partial charge in [-0.1, -0.05) is 0 Å². The average Bonchev–Trinajstić information content (AvgIpc) is 2.34. The van der Waals surface area contributed by atoms with Crippen LogP contribution in [-0.4, -0.2) is 20.0 Å². The van der Waals surface area contributed by atoms with E-state index in [-0.39, 0.29) is 11.5 Å². The van der Waals surface area contributed by atoms with E-state index < -0.39 is 30.1 Å². The molecule has 0 bridgehead atoms. The molecule has 1 heterocycles. The Morgan fingerprint density at radius 2 is 1.85 bits per heavy atom. The minimum atomic E-state index is -4.45. The van der Waals surface area contributed by atoms with Gasteiger partial charge in [0.25, 0.3) is 0 Å². The summed E-state index contributed by atoms with van der Waals surface area (Å²) in [4.78, 5) is 11.6. The number of alkyl halides is 3. The molecular weight excluding hydrogens is 340 g/mol. The Morgan fingerprint density at radius 1 is 1.20 bits per heavy atom. The SMILES string of the molecule is Cc1cc(Oc2ccccc2)c([Se]C(F)(F)F)c(=O)o1. The first kappa shape index (κ1) is 14.7. The zero-order valence-corrected chi connectivity index (χ0v) is 11.9. The van der Waals surface area contributed by atoms with Crippen LogP contribution in [0.5, 0.6) is 11.5 Å². The zero-order valence-electron chi connectivity index (χ0n) is 10.2. The summed E-state index contributed by atoms with van der Waals surface area (Å²) >= 11 is -2.02. The molecule has 0 aliphatic carbocycles. The molecule has 1 aromatic heterocycles. The van der Waals surface area contributed by atoms with Crippen LogP contribution in [0, 0.1) is 6.92 Å². The molecule has 20 heavy (non-hydrogen) atoms. The third-order valence-corrected chi connectivity index (χ3v) is 3.87. The third kappa shape index (κ3) is 3.88. The Balaban J connectivity index is 2.43. The summed E-state index contributed by atoms with van der Waals surface area (Å²) in [5, 5.41) is -4.45. The van der Waals surface area contributed by atoms with Crippen molar-refractivity contribution in [2.75, 3.05) is 0 Å². The van der Waals surface area contributed by atoms with Crippen molar-refractivity contribution in [3.8, 4) is 11.5 Å². The molecule has 0 radical (unpaired) electrons. The Morgan fingerprint density at radius 3 is 2.45 bits per heavy atom. The second-order valence-electron chi connectivity index (χ2n) is 3.80. The monoisotopic (exact) mass is 350 g/mol. The zero-order chi connectivity index (χ0) is 14.8. The second kappa shape index (κ2) is 5.73. The molecule has 2 rings (SSSR count). The Kier molecular flexibility index (Phi) is 4.20. The first-order chi connectivity index (χ1) is 9.35. The van der Waals surface area contributed by atoms with Gasteiger partial charge in [-0.05, 0) is 0 Å². The fraction of sp³-hybridized carbons (Fsp3) is 0.154. The Bertz CT molecular complexity index is 650. The molecule has 1 aromatic carbocycles. The maximum absolute atomic E-state index is 12.5. The van der Waals surface area contributed by atoms with Gasteiger partial charge < -0.3 is 0 Å². The number of benzene rings is 1. The topological polar surface area (TPSA) is 39.4 Å². The first-order valence-electron chi connectivity index (χ1n) is 5.48. The molecule has 0 atom stereocenters. The van der Waals surface area contributed by atoms with Crippen molar-refractivity contribution in [2.45, 2.75) is 12.0 Å². The van der Waals surface area contributed by atoms with Gasteiger partial charge in [-0.25, -0.2) is 0 Å². The third-order valence-electron chi connectivity index (χ3n) is 2.19. The normalized spacial score (nSPS) is 11.4. The van der Waals surface area contributed by atoms with Crippen molar-refractivity contribution in [1.82, 2.24) is 0 Å². The van der Waals surface area contributed by atoms with E-state index >= 15 is 0 Å². The molecule has 0 saturated carbocycles. The molecule has 0 aliphatic heterocycles. The number of rotatable bonds is 3. The molecule has 2 aromatic rings. The van der Waals surface area contributed by atoms with E-state index in [2.05, 4.69) is 0 Å². The van der Waals surface area contributed by atoms with Gasteiger partial charge in [-0.15, -0.1) is 0 Å². The fourth-order valence-electron chi connectivity index (χ4n) is 1.47. The maximum atomic E-state index is 12.5. The molecular formula is C13H9F3O3Se.